The molecule has 0 saturated heterocycles. The molecule has 3 nitrogen and oxygen atoms in total. The molecule has 2 rings (SSSR count). The van der Waals surface area contributed by atoms with Gasteiger partial charge in [0.2, 0.25) is 0 Å². The van der Waals surface area contributed by atoms with E-state index in [0.29, 0.717) is 12.8 Å². The van der Waals surface area contributed by atoms with Gasteiger partial charge < -0.3 is 4.74 Å². The topological polar surface area (TPSA) is 39.2 Å². The summed E-state index contributed by atoms with van der Waals surface area (Å²) in [4.78, 5) is 15.5. The minimum Gasteiger partial charge on any atom is -0.469 e. The molecule has 2 aromatic rings. The summed E-state index contributed by atoms with van der Waals surface area (Å²) in [5.74, 6) is -0.190. The van der Waals surface area contributed by atoms with Crippen LogP contribution in [0.2, 0.25) is 0 Å². The van der Waals surface area contributed by atoms with Crippen molar-refractivity contribution in [3.63, 3.8) is 0 Å². The minimum atomic E-state index is -0.190. The third-order valence-corrected chi connectivity index (χ3v) is 3.76. The zero-order valence-electron chi connectivity index (χ0n) is 8.80. The van der Waals surface area contributed by atoms with Crippen molar-refractivity contribution < 1.29 is 9.53 Å². The molecule has 0 unspecified atom stereocenters. The second-order valence-electron chi connectivity index (χ2n) is 3.23. The first-order valence-corrected chi connectivity index (χ1v) is 6.65. The number of rotatable bonds is 4. The molecule has 0 aliphatic carbocycles. The Labute approximate surface area is 102 Å². The van der Waals surface area contributed by atoms with Gasteiger partial charge in [0.1, 0.15) is 5.01 Å². The van der Waals surface area contributed by atoms with Crippen LogP contribution >= 0.6 is 22.7 Å². The van der Waals surface area contributed by atoms with Gasteiger partial charge in [-0.1, -0.05) is 0 Å². The molecule has 5 heteroatoms. The van der Waals surface area contributed by atoms with Crippen molar-refractivity contribution in [1.29, 1.82) is 0 Å². The molecular weight excluding hydrogens is 242 g/mol. The highest BCUT2D eigenvalue weighted by Crippen LogP contribution is 2.25. The largest absolute Gasteiger partial charge is 0.469 e. The maximum absolute atomic E-state index is 11.0. The second-order valence-corrected chi connectivity index (χ2v) is 4.87. The number of esters is 1. The minimum absolute atomic E-state index is 0.190. The van der Waals surface area contributed by atoms with E-state index in [1.807, 2.05) is 16.8 Å². The van der Waals surface area contributed by atoms with Crippen LogP contribution in [0.4, 0.5) is 0 Å². The quantitative estimate of drug-likeness (QED) is 0.786. The molecule has 0 radical (unpaired) electrons. The highest BCUT2D eigenvalue weighted by molar-refractivity contribution is 7.14. The first kappa shape index (κ1) is 11.3. The van der Waals surface area contributed by atoms with Crippen LogP contribution in [-0.2, 0) is 16.0 Å². The lowest BCUT2D eigenvalue weighted by molar-refractivity contribution is -0.140. The van der Waals surface area contributed by atoms with Crippen LogP contribution < -0.4 is 0 Å². The highest BCUT2D eigenvalue weighted by atomic mass is 32.1. The zero-order chi connectivity index (χ0) is 11.4. The predicted molar refractivity (Wildman–Crippen MR) is 65.8 cm³/mol. The number of hydrogen-bond acceptors (Lipinski definition) is 5. The SMILES string of the molecule is COC(=O)CCc1csc(-c2ccsc2)n1. The Morgan fingerprint density at radius 3 is 3.06 bits per heavy atom. The van der Waals surface area contributed by atoms with Crippen LogP contribution in [-0.4, -0.2) is 18.1 Å². The van der Waals surface area contributed by atoms with Crippen LogP contribution in [0.1, 0.15) is 12.1 Å². The summed E-state index contributed by atoms with van der Waals surface area (Å²) in [6.45, 7) is 0. The molecule has 16 heavy (non-hydrogen) atoms. The summed E-state index contributed by atoms with van der Waals surface area (Å²) in [5.41, 5.74) is 2.11. The molecular formula is C11H11NO2S2. The number of carbonyl (C=O) groups excluding carboxylic acids is 1. The lowest BCUT2D eigenvalue weighted by atomic mass is 10.2. The molecule has 0 atom stereocenters. The fourth-order valence-electron chi connectivity index (χ4n) is 1.27. The predicted octanol–water partition coefficient (Wildman–Crippen LogP) is 2.98. The van der Waals surface area contributed by atoms with Crippen LogP contribution in [0, 0.1) is 0 Å². The Bertz CT molecular complexity index is 462. The molecule has 0 fully saturated rings. The lowest BCUT2D eigenvalue weighted by Crippen LogP contribution is -2.01. The van der Waals surface area contributed by atoms with E-state index >= 15 is 0 Å². The normalized spacial score (nSPS) is 10.3. The van der Waals surface area contributed by atoms with Gasteiger partial charge in [-0.3, -0.25) is 4.79 Å². The van der Waals surface area contributed by atoms with Gasteiger partial charge in [-0.2, -0.15) is 11.3 Å². The van der Waals surface area contributed by atoms with E-state index in [1.54, 1.807) is 22.7 Å². The number of aromatic nitrogens is 1. The second kappa shape index (κ2) is 5.23. The number of hydrogen-bond donors (Lipinski definition) is 0. The third kappa shape index (κ3) is 2.68. The van der Waals surface area contributed by atoms with Gasteiger partial charge in [0.15, 0.2) is 0 Å². The van der Waals surface area contributed by atoms with Gasteiger partial charge in [0, 0.05) is 22.7 Å². The maximum atomic E-state index is 11.0. The van der Waals surface area contributed by atoms with Crippen LogP contribution in [0.3, 0.4) is 0 Å². The molecule has 0 aliphatic rings. The van der Waals surface area contributed by atoms with Crippen molar-refractivity contribution in [3.8, 4) is 10.6 Å². The summed E-state index contributed by atoms with van der Waals surface area (Å²) in [6, 6.07) is 2.05. The van der Waals surface area contributed by atoms with E-state index in [9.17, 15) is 4.79 Å². The van der Waals surface area contributed by atoms with Gasteiger partial charge >= 0.3 is 5.97 Å². The summed E-state index contributed by atoms with van der Waals surface area (Å²) in [5, 5.41) is 7.12. The Hall–Kier alpha value is -1.20. The van der Waals surface area contributed by atoms with Gasteiger partial charge in [-0.15, -0.1) is 11.3 Å². The molecule has 84 valence electrons. The molecule has 0 saturated carbocycles. The van der Waals surface area contributed by atoms with Crippen molar-refractivity contribution >= 4 is 28.6 Å². The van der Waals surface area contributed by atoms with E-state index in [1.165, 1.54) is 7.11 Å². The standard InChI is InChI=1S/C11H11NO2S2/c1-14-10(13)3-2-9-7-16-11(12-9)8-4-5-15-6-8/h4-7H,2-3H2,1H3. The van der Waals surface area contributed by atoms with E-state index in [-0.39, 0.29) is 5.97 Å². The number of nitrogens with zero attached hydrogens (tertiary/aromatic N) is 1. The number of methoxy groups -OCH3 is 1. The van der Waals surface area contributed by atoms with Crippen molar-refractivity contribution in [2.24, 2.45) is 0 Å². The van der Waals surface area contributed by atoms with Gasteiger partial charge in [0.25, 0.3) is 0 Å². The zero-order valence-corrected chi connectivity index (χ0v) is 10.4. The van der Waals surface area contributed by atoms with Crippen LogP contribution in [0.15, 0.2) is 22.2 Å². The van der Waals surface area contributed by atoms with Crippen LogP contribution in [0.5, 0.6) is 0 Å². The Morgan fingerprint density at radius 1 is 1.50 bits per heavy atom. The summed E-state index contributed by atoms with van der Waals surface area (Å²) in [7, 11) is 1.40. The lowest BCUT2D eigenvalue weighted by Gasteiger charge is -1.95. The first-order valence-electron chi connectivity index (χ1n) is 4.83. The highest BCUT2D eigenvalue weighted by Gasteiger charge is 2.07. The summed E-state index contributed by atoms with van der Waals surface area (Å²) >= 11 is 3.27. The fraction of sp³-hybridized carbons (Fsp3) is 0.273. The molecule has 0 spiro atoms. The number of thiazole rings is 1. The number of thiophene rings is 1. The number of aryl methyl sites for hydroxylation is 1. The average molecular weight is 253 g/mol. The van der Waals surface area contributed by atoms with E-state index in [4.69, 9.17) is 0 Å². The van der Waals surface area contributed by atoms with Gasteiger partial charge in [-0.05, 0) is 11.4 Å². The Morgan fingerprint density at radius 2 is 2.38 bits per heavy atom. The van der Waals surface area contributed by atoms with Crippen molar-refractivity contribution in [1.82, 2.24) is 4.98 Å². The number of ether oxygens (including phenoxy) is 1. The van der Waals surface area contributed by atoms with Crippen molar-refractivity contribution in [2.45, 2.75) is 12.8 Å². The average Bonchev–Trinajstić information content (AvgIpc) is 2.95. The van der Waals surface area contributed by atoms with Gasteiger partial charge in [-0.25, -0.2) is 4.98 Å². The monoisotopic (exact) mass is 253 g/mol. The summed E-state index contributed by atoms with van der Waals surface area (Å²) < 4.78 is 4.59. The van der Waals surface area contributed by atoms with E-state index in [0.717, 1.165) is 16.3 Å². The van der Waals surface area contributed by atoms with Crippen LogP contribution in [0.25, 0.3) is 10.6 Å². The molecule has 0 aliphatic heterocycles. The van der Waals surface area contributed by atoms with E-state index in [2.05, 4.69) is 15.1 Å². The van der Waals surface area contributed by atoms with Crippen molar-refractivity contribution in [3.05, 3.63) is 27.9 Å². The first-order chi connectivity index (χ1) is 7.79. The molecule has 2 aromatic heterocycles. The van der Waals surface area contributed by atoms with E-state index < -0.39 is 0 Å². The smallest absolute Gasteiger partial charge is 0.305 e. The Balaban J connectivity index is 2.00. The Kier molecular flexibility index (Phi) is 3.69. The molecule has 0 bridgehead atoms. The number of carbonyl (C=O) groups is 1. The maximum Gasteiger partial charge on any atom is 0.305 e. The van der Waals surface area contributed by atoms with Crippen molar-refractivity contribution in [2.75, 3.05) is 7.11 Å². The van der Waals surface area contributed by atoms with Gasteiger partial charge in [0.05, 0.1) is 19.2 Å². The molecule has 0 N–H and O–H groups in total. The molecule has 0 aromatic carbocycles. The third-order valence-electron chi connectivity index (χ3n) is 2.13. The summed E-state index contributed by atoms with van der Waals surface area (Å²) in [6.07, 6.45) is 1.04. The molecule has 0 amide bonds. The fourth-order valence-corrected chi connectivity index (χ4v) is 2.84. The molecule has 2 heterocycles.